The van der Waals surface area contributed by atoms with Gasteiger partial charge in [-0.05, 0) is 56.0 Å². The maximum Gasteiger partial charge on any atom is 0.253 e. The molecule has 7 nitrogen and oxygen atoms in total. The fourth-order valence-corrected chi connectivity index (χ4v) is 6.01. The van der Waals surface area contributed by atoms with Crippen LogP contribution in [0.3, 0.4) is 0 Å². The highest BCUT2D eigenvalue weighted by Gasteiger charge is 2.35. The van der Waals surface area contributed by atoms with Gasteiger partial charge in [-0.2, -0.15) is 0 Å². The van der Waals surface area contributed by atoms with E-state index < -0.39 is 0 Å². The van der Waals surface area contributed by atoms with Crippen molar-refractivity contribution in [3.05, 3.63) is 57.7 Å². The lowest BCUT2D eigenvalue weighted by molar-refractivity contribution is 0.0491. The topological polar surface area (TPSA) is 64.1 Å². The number of rotatable bonds is 5. The Labute approximate surface area is 223 Å². The molecule has 36 heavy (non-hydrogen) atoms. The molecule has 0 radical (unpaired) electrons. The molecule has 3 aliphatic rings. The van der Waals surface area contributed by atoms with Crippen molar-refractivity contribution in [2.24, 2.45) is 4.99 Å². The molecule has 5 rings (SSSR count). The van der Waals surface area contributed by atoms with E-state index in [9.17, 15) is 4.79 Å². The summed E-state index contributed by atoms with van der Waals surface area (Å²) in [7, 11) is 0. The van der Waals surface area contributed by atoms with Gasteiger partial charge in [0.1, 0.15) is 11.7 Å². The van der Waals surface area contributed by atoms with E-state index in [0.29, 0.717) is 27.7 Å². The molecule has 0 aliphatic carbocycles. The predicted octanol–water partition coefficient (Wildman–Crippen LogP) is 4.33. The number of nitrogens with zero attached hydrogens (tertiary/aromatic N) is 5. The zero-order valence-corrected chi connectivity index (χ0v) is 22.3. The third-order valence-corrected chi connectivity index (χ3v) is 8.13. The third kappa shape index (κ3) is 5.48. The van der Waals surface area contributed by atoms with Crippen molar-refractivity contribution in [2.75, 3.05) is 50.7 Å². The van der Waals surface area contributed by atoms with Crippen molar-refractivity contribution in [3.63, 3.8) is 0 Å². The number of benzene rings is 1. The van der Waals surface area contributed by atoms with E-state index in [1.165, 1.54) is 0 Å². The number of anilines is 1. The molecular weight excluding hydrogens is 495 g/mol. The molecule has 1 aromatic carbocycles. The second-order valence-corrected chi connectivity index (χ2v) is 10.7. The van der Waals surface area contributed by atoms with Crippen LogP contribution in [0.2, 0.25) is 10.0 Å². The maximum atomic E-state index is 12.9. The first kappa shape index (κ1) is 25.3. The highest BCUT2D eigenvalue weighted by Crippen LogP contribution is 2.30. The monoisotopic (exact) mass is 528 g/mol. The fraction of sp³-hybridized carbons (Fsp3) is 0.519. The molecule has 4 heterocycles. The summed E-state index contributed by atoms with van der Waals surface area (Å²) in [6, 6.07) is 10.1. The van der Waals surface area contributed by atoms with E-state index in [1.807, 2.05) is 29.3 Å². The van der Waals surface area contributed by atoms with E-state index in [0.717, 1.165) is 88.7 Å². The number of hydrogen-bond acceptors (Lipinski definition) is 6. The molecule has 2 saturated heterocycles. The van der Waals surface area contributed by atoms with Gasteiger partial charge < -0.3 is 15.1 Å². The summed E-state index contributed by atoms with van der Waals surface area (Å²) in [5.41, 5.74) is 1.66. The van der Waals surface area contributed by atoms with Gasteiger partial charge in [0.15, 0.2) is 0 Å². The van der Waals surface area contributed by atoms with Crippen molar-refractivity contribution >= 4 is 40.8 Å². The van der Waals surface area contributed by atoms with E-state index in [-0.39, 0.29) is 5.91 Å². The number of hydrogen-bond donors (Lipinski definition) is 1. The number of likely N-dealkylation sites (tertiary alicyclic amines) is 1. The van der Waals surface area contributed by atoms with Gasteiger partial charge in [-0.25, -0.2) is 4.98 Å². The Morgan fingerprint density at radius 2 is 1.89 bits per heavy atom. The minimum absolute atomic E-state index is 0.0977. The van der Waals surface area contributed by atoms with Crippen molar-refractivity contribution in [2.45, 2.75) is 44.7 Å². The molecule has 0 spiro atoms. The molecule has 2 aromatic rings. The van der Waals surface area contributed by atoms with Crippen LogP contribution in [0, 0.1) is 0 Å². The van der Waals surface area contributed by atoms with Crippen LogP contribution in [0.4, 0.5) is 5.82 Å². The number of amidine groups is 1. The lowest BCUT2D eigenvalue weighted by Gasteiger charge is -2.47. The summed E-state index contributed by atoms with van der Waals surface area (Å²) in [4.78, 5) is 29.2. The summed E-state index contributed by atoms with van der Waals surface area (Å²) in [5, 5.41) is 4.67. The molecular formula is C27H34Cl2N6O. The normalized spacial score (nSPS) is 21.8. The van der Waals surface area contributed by atoms with Gasteiger partial charge >= 0.3 is 0 Å². The first-order chi connectivity index (χ1) is 17.5. The van der Waals surface area contributed by atoms with Crippen molar-refractivity contribution in [3.8, 4) is 0 Å². The number of aromatic nitrogens is 1. The molecule has 3 aliphatic heterocycles. The number of halogens is 2. The Morgan fingerprint density at radius 3 is 2.56 bits per heavy atom. The predicted molar refractivity (Wildman–Crippen MR) is 147 cm³/mol. The fourth-order valence-electron chi connectivity index (χ4n) is 5.60. The molecule has 2 fully saturated rings. The molecule has 1 N–H and O–H groups in total. The SMILES string of the molecule is CCC1CN(c2ncc(C3=NCCCN3)cc2Cl)CCN1C1CCN(C(=O)c2ccc(Cl)cc2)CC1. The number of aliphatic imine (C=N–C) groups is 1. The molecule has 1 aromatic heterocycles. The number of carbonyl (C=O) groups is 1. The van der Waals surface area contributed by atoms with Crippen molar-refractivity contribution in [1.29, 1.82) is 0 Å². The first-order valence-electron chi connectivity index (χ1n) is 13.0. The minimum Gasteiger partial charge on any atom is -0.370 e. The average molecular weight is 530 g/mol. The van der Waals surface area contributed by atoms with E-state index in [1.54, 1.807) is 12.1 Å². The van der Waals surface area contributed by atoms with Crippen LogP contribution >= 0.6 is 23.2 Å². The third-order valence-electron chi connectivity index (χ3n) is 7.60. The van der Waals surface area contributed by atoms with Gasteiger partial charge in [-0.15, -0.1) is 0 Å². The average Bonchev–Trinajstić information content (AvgIpc) is 2.93. The summed E-state index contributed by atoms with van der Waals surface area (Å²) in [6.45, 7) is 8.39. The summed E-state index contributed by atoms with van der Waals surface area (Å²) < 4.78 is 0. The van der Waals surface area contributed by atoms with Gasteiger partial charge in [0.25, 0.3) is 5.91 Å². The minimum atomic E-state index is 0.0977. The number of carbonyl (C=O) groups excluding carboxylic acids is 1. The lowest BCUT2D eigenvalue weighted by Crippen LogP contribution is -2.58. The van der Waals surface area contributed by atoms with Crippen LogP contribution in [0.25, 0.3) is 0 Å². The highest BCUT2D eigenvalue weighted by molar-refractivity contribution is 6.33. The standard InChI is InChI=1S/C27H34Cl2N6O/c1-2-22-18-34(26-24(29)16-20(17-32-26)25-30-10-3-11-31-25)14-15-35(22)23-8-12-33(13-9-23)27(36)19-4-6-21(28)7-5-19/h4-7,16-17,22-23H,2-3,8-15,18H2,1H3,(H,30,31). The molecule has 1 atom stereocenters. The van der Waals surface area contributed by atoms with Crippen LogP contribution in [0.15, 0.2) is 41.5 Å². The Bertz CT molecular complexity index is 1100. The van der Waals surface area contributed by atoms with Gasteiger partial charge in [0, 0.05) is 80.2 Å². The number of amides is 1. The van der Waals surface area contributed by atoms with E-state index in [2.05, 4.69) is 27.0 Å². The van der Waals surface area contributed by atoms with Crippen molar-refractivity contribution < 1.29 is 4.79 Å². The van der Waals surface area contributed by atoms with Crippen LogP contribution in [-0.4, -0.2) is 84.4 Å². The summed E-state index contributed by atoms with van der Waals surface area (Å²) in [6.07, 6.45) is 6.01. The zero-order valence-electron chi connectivity index (χ0n) is 20.8. The second kappa shape index (κ2) is 11.4. The van der Waals surface area contributed by atoms with E-state index >= 15 is 0 Å². The highest BCUT2D eigenvalue weighted by atomic mass is 35.5. The summed E-state index contributed by atoms with van der Waals surface area (Å²) >= 11 is 12.7. The lowest BCUT2D eigenvalue weighted by atomic mass is 9.97. The largest absolute Gasteiger partial charge is 0.370 e. The van der Waals surface area contributed by atoms with Gasteiger partial charge in [-0.1, -0.05) is 30.1 Å². The molecule has 0 saturated carbocycles. The molecule has 0 bridgehead atoms. The number of piperidine rings is 1. The number of pyridine rings is 1. The Morgan fingerprint density at radius 1 is 1.11 bits per heavy atom. The van der Waals surface area contributed by atoms with Gasteiger partial charge in [0.05, 0.1) is 5.02 Å². The second-order valence-electron chi connectivity index (χ2n) is 9.82. The zero-order chi connectivity index (χ0) is 25.1. The summed E-state index contributed by atoms with van der Waals surface area (Å²) in [5.74, 6) is 1.85. The van der Waals surface area contributed by atoms with Gasteiger partial charge in [-0.3, -0.25) is 14.7 Å². The first-order valence-corrected chi connectivity index (χ1v) is 13.8. The Kier molecular flexibility index (Phi) is 7.99. The van der Waals surface area contributed by atoms with Crippen molar-refractivity contribution in [1.82, 2.24) is 20.1 Å². The van der Waals surface area contributed by atoms with Crippen LogP contribution in [0.1, 0.15) is 48.5 Å². The van der Waals surface area contributed by atoms with Gasteiger partial charge in [0.2, 0.25) is 0 Å². The maximum absolute atomic E-state index is 12.9. The number of piperazine rings is 1. The van der Waals surface area contributed by atoms with E-state index in [4.69, 9.17) is 28.2 Å². The van der Waals surface area contributed by atoms with Crippen LogP contribution in [-0.2, 0) is 0 Å². The molecule has 192 valence electrons. The van der Waals surface area contributed by atoms with Crippen LogP contribution < -0.4 is 10.2 Å². The smallest absolute Gasteiger partial charge is 0.253 e. The molecule has 1 amide bonds. The Hall–Kier alpha value is -2.35. The quantitative estimate of drug-likeness (QED) is 0.625. The Balaban J connectivity index is 1.19. The molecule has 9 heteroatoms. The molecule has 1 unspecified atom stereocenters. The van der Waals surface area contributed by atoms with Crippen LogP contribution in [0.5, 0.6) is 0 Å². The number of nitrogens with one attached hydrogen (secondary N) is 1.